The van der Waals surface area contributed by atoms with Crippen LogP contribution < -0.4 is 10.5 Å². The van der Waals surface area contributed by atoms with Crippen molar-refractivity contribution in [2.75, 3.05) is 46.5 Å². The lowest BCUT2D eigenvalue weighted by molar-refractivity contribution is -0.141. The summed E-state index contributed by atoms with van der Waals surface area (Å²) in [7, 11) is 1.18. The summed E-state index contributed by atoms with van der Waals surface area (Å²) in [5, 5.41) is 0.240. The second-order valence-electron chi connectivity index (χ2n) is 8.97. The third-order valence-electron chi connectivity index (χ3n) is 6.36. The molecule has 1 aromatic heterocycles. The largest absolute Gasteiger partial charge is 0.492 e. The SMILES string of the molecule is CCOC(=O)N1CCN(C(=O)C(CCC(=O)OC)c2nc3ccccc3c(OCCC(F)(F)F)c2C(N)=O)CC1. The molecule has 2 aromatic rings. The average Bonchev–Trinajstić information content (AvgIpc) is 2.92. The normalized spacial score (nSPS) is 14.5. The van der Waals surface area contributed by atoms with Gasteiger partial charge in [-0.15, -0.1) is 0 Å². The summed E-state index contributed by atoms with van der Waals surface area (Å²) in [6.07, 6.45) is -6.65. The number of fused-ring (bicyclic) bond motifs is 1. The number of primary amides is 1. The summed E-state index contributed by atoms with van der Waals surface area (Å²) in [5.74, 6) is -3.59. The van der Waals surface area contributed by atoms with E-state index in [2.05, 4.69) is 4.98 Å². The van der Waals surface area contributed by atoms with Gasteiger partial charge in [-0.25, -0.2) is 4.79 Å². The zero-order chi connectivity index (χ0) is 29.4. The van der Waals surface area contributed by atoms with Gasteiger partial charge in [-0.3, -0.25) is 19.4 Å². The Bertz CT molecular complexity index is 1250. The van der Waals surface area contributed by atoms with Gasteiger partial charge in [0, 0.05) is 38.0 Å². The number of carbonyl (C=O) groups is 4. The molecule has 1 unspecified atom stereocenters. The van der Waals surface area contributed by atoms with E-state index in [4.69, 9.17) is 19.9 Å². The predicted octanol–water partition coefficient (Wildman–Crippen LogP) is 3.00. The molecule has 0 saturated carbocycles. The minimum Gasteiger partial charge on any atom is -0.492 e. The maximum absolute atomic E-state index is 13.8. The Hall–Kier alpha value is -4.10. The molecule has 1 fully saturated rings. The smallest absolute Gasteiger partial charge is 0.409 e. The Kier molecular flexibility index (Phi) is 10.1. The number of amides is 3. The molecule has 2 heterocycles. The number of pyridine rings is 1. The number of rotatable bonds is 10. The van der Waals surface area contributed by atoms with Crippen LogP contribution in [0.25, 0.3) is 10.9 Å². The van der Waals surface area contributed by atoms with Crippen LogP contribution in [0, 0.1) is 0 Å². The first-order valence-corrected chi connectivity index (χ1v) is 12.7. The molecule has 0 bridgehead atoms. The molecule has 3 amide bonds. The molecule has 0 aliphatic carbocycles. The number of carbonyl (C=O) groups excluding carboxylic acids is 4. The van der Waals surface area contributed by atoms with E-state index in [9.17, 15) is 32.3 Å². The van der Waals surface area contributed by atoms with Crippen molar-refractivity contribution >= 4 is 34.8 Å². The molecule has 2 N–H and O–H groups in total. The number of halogens is 3. The van der Waals surface area contributed by atoms with E-state index in [1.54, 1.807) is 25.1 Å². The summed E-state index contributed by atoms with van der Waals surface area (Å²) in [6.45, 7) is 1.74. The minimum atomic E-state index is -4.51. The van der Waals surface area contributed by atoms with Crippen LogP contribution in [0.15, 0.2) is 24.3 Å². The first-order chi connectivity index (χ1) is 19.0. The van der Waals surface area contributed by atoms with Crippen molar-refractivity contribution in [3.63, 3.8) is 0 Å². The number of hydrogen-bond donors (Lipinski definition) is 1. The molecular weight excluding hydrogens is 537 g/mol. The number of alkyl halides is 3. The van der Waals surface area contributed by atoms with Gasteiger partial charge < -0.3 is 29.7 Å². The van der Waals surface area contributed by atoms with Gasteiger partial charge in [0.15, 0.2) is 0 Å². The standard InChI is InChI=1S/C26H31F3N4O7/c1-3-39-25(37)33-13-11-32(12-14-33)24(36)17(8-9-19(34)38-2)21-20(23(30)35)22(40-15-10-26(27,28)29)16-6-4-5-7-18(16)31-21/h4-7,17H,3,8-15H2,1-2H3,(H2,30,35). The van der Waals surface area contributed by atoms with E-state index in [-0.39, 0.29) is 73.5 Å². The van der Waals surface area contributed by atoms with E-state index >= 15 is 0 Å². The van der Waals surface area contributed by atoms with Crippen LogP contribution in [-0.4, -0.2) is 91.3 Å². The van der Waals surface area contributed by atoms with Gasteiger partial charge in [-0.2, -0.15) is 13.2 Å². The van der Waals surface area contributed by atoms with Gasteiger partial charge in [0.05, 0.1) is 43.9 Å². The van der Waals surface area contributed by atoms with Crippen LogP contribution >= 0.6 is 0 Å². The zero-order valence-electron chi connectivity index (χ0n) is 22.2. The van der Waals surface area contributed by atoms with E-state index in [1.165, 1.54) is 23.0 Å². The number of piperazine rings is 1. The third kappa shape index (κ3) is 7.51. The molecule has 1 aromatic carbocycles. The van der Waals surface area contributed by atoms with Crippen LogP contribution in [0.5, 0.6) is 5.75 Å². The average molecular weight is 569 g/mol. The van der Waals surface area contributed by atoms with Crippen molar-refractivity contribution in [3.8, 4) is 5.75 Å². The quantitative estimate of drug-likeness (QED) is 0.431. The fourth-order valence-electron chi connectivity index (χ4n) is 4.39. The molecule has 3 rings (SSSR count). The number of para-hydroxylation sites is 1. The molecule has 1 atom stereocenters. The van der Waals surface area contributed by atoms with Gasteiger partial charge >= 0.3 is 18.2 Å². The summed E-state index contributed by atoms with van der Waals surface area (Å²) in [5.41, 5.74) is 5.49. The minimum absolute atomic E-state index is 0.116. The Morgan fingerprint density at radius 3 is 2.33 bits per heavy atom. The molecular formula is C26H31F3N4O7. The van der Waals surface area contributed by atoms with Crippen LogP contribution in [0.4, 0.5) is 18.0 Å². The molecule has 0 radical (unpaired) electrons. The number of benzene rings is 1. The number of nitrogens with zero attached hydrogens (tertiary/aromatic N) is 3. The number of methoxy groups -OCH3 is 1. The molecule has 40 heavy (non-hydrogen) atoms. The maximum atomic E-state index is 13.8. The predicted molar refractivity (Wildman–Crippen MR) is 136 cm³/mol. The summed E-state index contributed by atoms with van der Waals surface area (Å²) in [6, 6.07) is 6.29. The van der Waals surface area contributed by atoms with E-state index in [0.717, 1.165) is 0 Å². The van der Waals surface area contributed by atoms with Gasteiger partial charge in [0.2, 0.25) is 5.91 Å². The lowest BCUT2D eigenvalue weighted by Crippen LogP contribution is -2.52. The van der Waals surface area contributed by atoms with Crippen molar-refractivity contribution in [3.05, 3.63) is 35.5 Å². The number of esters is 1. The number of nitrogens with two attached hydrogens (primary N) is 1. The first-order valence-electron chi connectivity index (χ1n) is 12.7. The van der Waals surface area contributed by atoms with Crippen LogP contribution in [0.1, 0.15) is 48.2 Å². The van der Waals surface area contributed by atoms with Gasteiger partial charge in [0.25, 0.3) is 5.91 Å². The van der Waals surface area contributed by atoms with E-state index in [0.29, 0.717) is 0 Å². The summed E-state index contributed by atoms with van der Waals surface area (Å²) < 4.78 is 53.8. The monoisotopic (exact) mass is 568 g/mol. The summed E-state index contributed by atoms with van der Waals surface area (Å²) in [4.78, 5) is 58.1. The molecule has 0 spiro atoms. The van der Waals surface area contributed by atoms with E-state index in [1.807, 2.05) is 0 Å². The molecule has 11 nitrogen and oxygen atoms in total. The fraction of sp³-hybridized carbons (Fsp3) is 0.500. The third-order valence-corrected chi connectivity index (χ3v) is 6.36. The molecule has 14 heteroatoms. The van der Waals surface area contributed by atoms with E-state index < -0.39 is 49.0 Å². The van der Waals surface area contributed by atoms with Crippen molar-refractivity contribution in [2.45, 2.75) is 38.3 Å². The fourth-order valence-corrected chi connectivity index (χ4v) is 4.39. The van der Waals surface area contributed by atoms with Gasteiger partial charge in [-0.05, 0) is 25.5 Å². The lowest BCUT2D eigenvalue weighted by Gasteiger charge is -2.36. The molecule has 1 aliphatic heterocycles. The van der Waals surface area contributed by atoms with Crippen molar-refractivity contribution in [1.29, 1.82) is 0 Å². The van der Waals surface area contributed by atoms with Crippen LogP contribution in [-0.2, 0) is 19.1 Å². The van der Waals surface area contributed by atoms with Gasteiger partial charge in [-0.1, -0.05) is 12.1 Å². The summed E-state index contributed by atoms with van der Waals surface area (Å²) >= 11 is 0. The number of hydrogen-bond acceptors (Lipinski definition) is 8. The number of ether oxygens (including phenoxy) is 3. The zero-order valence-corrected chi connectivity index (χ0v) is 22.2. The Morgan fingerprint density at radius 1 is 1.07 bits per heavy atom. The second kappa shape index (κ2) is 13.3. The second-order valence-corrected chi connectivity index (χ2v) is 8.97. The van der Waals surface area contributed by atoms with Crippen LogP contribution in [0.3, 0.4) is 0 Å². The van der Waals surface area contributed by atoms with Crippen molar-refractivity contribution < 1.29 is 46.6 Å². The van der Waals surface area contributed by atoms with Crippen molar-refractivity contribution in [2.24, 2.45) is 5.73 Å². The highest BCUT2D eigenvalue weighted by molar-refractivity contribution is 6.04. The highest BCUT2D eigenvalue weighted by Crippen LogP contribution is 2.37. The topological polar surface area (TPSA) is 141 Å². The maximum Gasteiger partial charge on any atom is 0.409 e. The molecule has 1 aliphatic rings. The van der Waals surface area contributed by atoms with Gasteiger partial charge in [0.1, 0.15) is 11.3 Å². The lowest BCUT2D eigenvalue weighted by atomic mass is 9.91. The number of aromatic nitrogens is 1. The Balaban J connectivity index is 2.04. The Labute approximate surface area is 228 Å². The Morgan fingerprint density at radius 2 is 1.73 bits per heavy atom. The molecule has 1 saturated heterocycles. The highest BCUT2D eigenvalue weighted by Gasteiger charge is 2.36. The van der Waals surface area contributed by atoms with Crippen LogP contribution in [0.2, 0.25) is 0 Å². The van der Waals surface area contributed by atoms with Crippen molar-refractivity contribution in [1.82, 2.24) is 14.8 Å². The molecule has 218 valence electrons. The first kappa shape index (κ1) is 30.4. The highest BCUT2D eigenvalue weighted by atomic mass is 19.4.